The fourth-order valence-corrected chi connectivity index (χ4v) is 1.01. The second-order valence-corrected chi connectivity index (χ2v) is 2.47. The van der Waals surface area contributed by atoms with Crippen LogP contribution in [0.15, 0.2) is 11.3 Å². The Bertz CT molecular complexity index is 296. The molecular weight excluding hydrogens is 198 g/mol. The van der Waals surface area contributed by atoms with Crippen LogP contribution in [0.5, 0.6) is 0 Å². The van der Waals surface area contributed by atoms with Crippen LogP contribution in [0.2, 0.25) is 0 Å². The van der Waals surface area contributed by atoms with E-state index in [0.717, 1.165) is 0 Å². The molecule has 0 spiro atoms. The van der Waals surface area contributed by atoms with Gasteiger partial charge in [0.1, 0.15) is 5.57 Å². The van der Waals surface area contributed by atoms with Crippen LogP contribution in [0.4, 0.5) is 8.78 Å². The number of hydrogen-bond acceptors (Lipinski definition) is 4. The number of alkyl halides is 2. The summed E-state index contributed by atoms with van der Waals surface area (Å²) in [5.74, 6) is -2.70. The van der Waals surface area contributed by atoms with Crippen molar-refractivity contribution in [3.05, 3.63) is 11.3 Å². The summed E-state index contributed by atoms with van der Waals surface area (Å²) in [4.78, 5) is 22.0. The lowest BCUT2D eigenvalue weighted by Crippen LogP contribution is -2.16. The average molecular weight is 206 g/mol. The van der Waals surface area contributed by atoms with Gasteiger partial charge in [-0.25, -0.2) is 13.6 Å². The van der Waals surface area contributed by atoms with Gasteiger partial charge in [0.2, 0.25) is 5.78 Å². The third-order valence-electron chi connectivity index (χ3n) is 1.56. The van der Waals surface area contributed by atoms with Crippen LogP contribution in [0, 0.1) is 0 Å². The summed E-state index contributed by atoms with van der Waals surface area (Å²) in [6, 6.07) is 0. The van der Waals surface area contributed by atoms with E-state index in [-0.39, 0.29) is 6.61 Å². The Morgan fingerprint density at radius 2 is 2.29 bits per heavy atom. The number of rotatable bonds is 3. The van der Waals surface area contributed by atoms with E-state index in [1.165, 1.54) is 6.92 Å². The van der Waals surface area contributed by atoms with Crippen molar-refractivity contribution in [2.75, 3.05) is 13.2 Å². The van der Waals surface area contributed by atoms with E-state index in [2.05, 4.69) is 9.47 Å². The molecule has 0 bridgehead atoms. The van der Waals surface area contributed by atoms with E-state index in [4.69, 9.17) is 0 Å². The molecule has 0 amide bonds. The van der Waals surface area contributed by atoms with Gasteiger partial charge in [0.05, 0.1) is 6.61 Å². The van der Waals surface area contributed by atoms with E-state index in [9.17, 15) is 18.4 Å². The molecule has 0 fully saturated rings. The lowest BCUT2D eigenvalue weighted by Gasteiger charge is -2.03. The second kappa shape index (κ2) is 4.17. The predicted molar refractivity (Wildman–Crippen MR) is 40.6 cm³/mol. The number of carbonyl (C=O) groups excluding carboxylic acids is 2. The second-order valence-electron chi connectivity index (χ2n) is 2.47. The monoisotopic (exact) mass is 206 g/mol. The van der Waals surface area contributed by atoms with Crippen molar-refractivity contribution >= 4 is 11.8 Å². The van der Waals surface area contributed by atoms with Gasteiger partial charge in [0, 0.05) is 0 Å². The summed E-state index contributed by atoms with van der Waals surface area (Å²) in [6.07, 6.45) is -2.97. The molecule has 0 N–H and O–H groups in total. The zero-order chi connectivity index (χ0) is 10.7. The van der Waals surface area contributed by atoms with Crippen LogP contribution < -0.4 is 0 Å². The molecule has 4 nitrogen and oxygen atoms in total. The third-order valence-corrected chi connectivity index (χ3v) is 1.56. The van der Waals surface area contributed by atoms with Crippen molar-refractivity contribution < 1.29 is 27.8 Å². The first kappa shape index (κ1) is 10.6. The van der Waals surface area contributed by atoms with Gasteiger partial charge in [-0.2, -0.15) is 0 Å². The van der Waals surface area contributed by atoms with Gasteiger partial charge >= 0.3 is 5.97 Å². The molecule has 1 aliphatic rings. The van der Waals surface area contributed by atoms with Crippen LogP contribution in [0.1, 0.15) is 6.92 Å². The van der Waals surface area contributed by atoms with Crippen LogP contribution in [0.3, 0.4) is 0 Å². The SMILES string of the molecule is CCOC(=O)C1=C(C(F)F)OCC1=O. The maximum atomic E-state index is 12.2. The van der Waals surface area contributed by atoms with Gasteiger partial charge in [-0.05, 0) is 6.92 Å². The fraction of sp³-hybridized carbons (Fsp3) is 0.500. The normalized spacial score (nSPS) is 16.1. The van der Waals surface area contributed by atoms with Gasteiger partial charge in [-0.3, -0.25) is 4.79 Å². The summed E-state index contributed by atoms with van der Waals surface area (Å²) < 4.78 is 33.3. The quantitative estimate of drug-likeness (QED) is 0.503. The standard InChI is InChI=1S/C8H8F2O4/c1-2-13-8(12)5-4(11)3-14-6(5)7(9)10/h7H,2-3H2,1H3. The minimum Gasteiger partial charge on any atom is -0.483 e. The Hall–Kier alpha value is -1.46. The molecular formula is C8H8F2O4. The van der Waals surface area contributed by atoms with Crippen molar-refractivity contribution in [1.29, 1.82) is 0 Å². The van der Waals surface area contributed by atoms with E-state index in [0.29, 0.717) is 0 Å². The van der Waals surface area contributed by atoms with E-state index >= 15 is 0 Å². The number of ketones is 1. The van der Waals surface area contributed by atoms with Gasteiger partial charge in [0.25, 0.3) is 6.43 Å². The number of hydrogen-bond donors (Lipinski definition) is 0. The molecule has 0 saturated carbocycles. The van der Waals surface area contributed by atoms with E-state index in [1.807, 2.05) is 0 Å². The Kier molecular flexibility index (Phi) is 3.16. The van der Waals surface area contributed by atoms with Crippen LogP contribution in [0.25, 0.3) is 0 Å². The third kappa shape index (κ3) is 1.89. The van der Waals surface area contributed by atoms with E-state index in [1.54, 1.807) is 0 Å². The predicted octanol–water partition coefficient (Wildman–Crippen LogP) is 0.668. The number of halogens is 2. The first-order valence-electron chi connectivity index (χ1n) is 3.93. The maximum Gasteiger partial charge on any atom is 0.345 e. The highest BCUT2D eigenvalue weighted by Crippen LogP contribution is 2.23. The number of esters is 1. The first-order valence-corrected chi connectivity index (χ1v) is 3.93. The molecule has 1 heterocycles. The van der Waals surface area contributed by atoms with Crippen molar-refractivity contribution in [2.24, 2.45) is 0 Å². The van der Waals surface area contributed by atoms with Crippen molar-refractivity contribution in [3.63, 3.8) is 0 Å². The zero-order valence-electron chi connectivity index (χ0n) is 7.38. The first-order chi connectivity index (χ1) is 6.57. The number of carbonyl (C=O) groups is 2. The summed E-state index contributed by atoms with van der Waals surface area (Å²) in [5.41, 5.74) is -0.665. The summed E-state index contributed by atoms with van der Waals surface area (Å²) in [6.45, 7) is 1.01. The fourth-order valence-electron chi connectivity index (χ4n) is 1.01. The molecule has 6 heteroatoms. The number of ether oxygens (including phenoxy) is 2. The van der Waals surface area contributed by atoms with Crippen molar-refractivity contribution in [1.82, 2.24) is 0 Å². The molecule has 0 atom stereocenters. The Morgan fingerprint density at radius 3 is 2.79 bits per heavy atom. The van der Waals surface area contributed by atoms with Crippen molar-refractivity contribution in [2.45, 2.75) is 13.3 Å². The van der Waals surface area contributed by atoms with Crippen molar-refractivity contribution in [3.8, 4) is 0 Å². The summed E-state index contributed by atoms with van der Waals surface area (Å²) in [7, 11) is 0. The molecule has 14 heavy (non-hydrogen) atoms. The highest BCUT2D eigenvalue weighted by molar-refractivity contribution is 6.19. The lowest BCUT2D eigenvalue weighted by molar-refractivity contribution is -0.139. The minimum atomic E-state index is -2.97. The highest BCUT2D eigenvalue weighted by Gasteiger charge is 2.36. The average Bonchev–Trinajstić information content (AvgIpc) is 2.47. The highest BCUT2D eigenvalue weighted by atomic mass is 19.3. The van der Waals surface area contributed by atoms with Gasteiger partial charge in [0.15, 0.2) is 12.4 Å². The molecule has 0 aromatic carbocycles. The summed E-state index contributed by atoms with van der Waals surface area (Å²) in [5, 5.41) is 0. The molecule has 0 aliphatic carbocycles. The van der Waals surface area contributed by atoms with Crippen LogP contribution in [-0.4, -0.2) is 31.4 Å². The van der Waals surface area contributed by atoms with Crippen LogP contribution in [-0.2, 0) is 19.1 Å². The largest absolute Gasteiger partial charge is 0.483 e. The smallest absolute Gasteiger partial charge is 0.345 e. The number of Topliss-reactive ketones (excluding diaryl/α,β-unsaturated/α-hetero) is 1. The molecule has 0 aromatic rings. The van der Waals surface area contributed by atoms with Gasteiger partial charge in [-0.1, -0.05) is 0 Å². The Labute approximate surface area is 78.5 Å². The molecule has 0 radical (unpaired) electrons. The maximum absolute atomic E-state index is 12.2. The minimum absolute atomic E-state index is 0.0200. The van der Waals surface area contributed by atoms with Gasteiger partial charge < -0.3 is 9.47 Å². The molecule has 0 aromatic heterocycles. The van der Waals surface area contributed by atoms with Gasteiger partial charge in [-0.15, -0.1) is 0 Å². The molecule has 0 saturated heterocycles. The summed E-state index contributed by atoms with van der Waals surface area (Å²) >= 11 is 0. The Balaban J connectivity index is 2.94. The van der Waals surface area contributed by atoms with Crippen LogP contribution >= 0.6 is 0 Å². The topological polar surface area (TPSA) is 52.6 Å². The molecule has 0 unspecified atom stereocenters. The lowest BCUT2D eigenvalue weighted by atomic mass is 10.2. The Morgan fingerprint density at radius 1 is 1.64 bits per heavy atom. The molecule has 1 aliphatic heterocycles. The van der Waals surface area contributed by atoms with E-state index < -0.39 is 36.1 Å². The zero-order valence-corrected chi connectivity index (χ0v) is 7.38. The molecule has 1 rings (SSSR count). The number of allylic oxidation sites excluding steroid dienone is 1. The molecule has 78 valence electrons.